The second kappa shape index (κ2) is 9.48. The molecule has 9 heteroatoms. The molecule has 31 heavy (non-hydrogen) atoms. The molecule has 2 aromatic carbocycles. The Hall–Kier alpha value is -3.59. The number of anilines is 2. The lowest BCUT2D eigenvalue weighted by Crippen LogP contribution is -2.38. The van der Waals surface area contributed by atoms with Crippen molar-refractivity contribution in [3.8, 4) is 11.5 Å². The average molecular weight is 442 g/mol. The maximum absolute atomic E-state index is 13.3. The molecular weight excluding hydrogens is 418 g/mol. The topological polar surface area (TPSA) is 97.8 Å². The van der Waals surface area contributed by atoms with E-state index in [1.807, 2.05) is 6.92 Å². The van der Waals surface area contributed by atoms with Crippen molar-refractivity contribution in [1.29, 1.82) is 0 Å². The van der Waals surface area contributed by atoms with Gasteiger partial charge in [0.2, 0.25) is 5.91 Å². The maximum atomic E-state index is 13.3. The summed E-state index contributed by atoms with van der Waals surface area (Å²) in [5, 5.41) is 2.71. The molecule has 162 valence electrons. The number of nitrogens with one attached hydrogen (secondary N) is 1. The molecule has 0 unspecified atom stereocenters. The molecule has 1 amide bonds. The van der Waals surface area contributed by atoms with Gasteiger partial charge in [-0.1, -0.05) is 17.7 Å². The first-order valence-electron chi connectivity index (χ1n) is 9.36. The number of methoxy groups -OCH3 is 2. The van der Waals surface area contributed by atoms with Gasteiger partial charge in [0, 0.05) is 24.1 Å². The van der Waals surface area contributed by atoms with Gasteiger partial charge in [-0.05, 0) is 43.3 Å². The third kappa shape index (κ3) is 5.13. The lowest BCUT2D eigenvalue weighted by atomic mass is 10.2. The van der Waals surface area contributed by atoms with E-state index in [9.17, 15) is 13.2 Å². The Morgan fingerprint density at radius 1 is 1.03 bits per heavy atom. The average Bonchev–Trinajstić information content (AvgIpc) is 2.78. The molecule has 0 aliphatic carbocycles. The molecular formula is C22H23N3O5S. The minimum Gasteiger partial charge on any atom is -0.493 e. The van der Waals surface area contributed by atoms with Gasteiger partial charge in [0.15, 0.2) is 11.5 Å². The van der Waals surface area contributed by atoms with Crippen LogP contribution in [-0.2, 0) is 14.8 Å². The van der Waals surface area contributed by atoms with E-state index in [4.69, 9.17) is 9.47 Å². The minimum absolute atomic E-state index is 0.00510. The highest BCUT2D eigenvalue weighted by atomic mass is 32.2. The van der Waals surface area contributed by atoms with Gasteiger partial charge in [0.1, 0.15) is 11.4 Å². The summed E-state index contributed by atoms with van der Waals surface area (Å²) in [6.45, 7) is 1.47. The minimum atomic E-state index is -4.01. The molecule has 0 spiro atoms. The number of sulfonamides is 1. The van der Waals surface area contributed by atoms with Gasteiger partial charge in [0.25, 0.3) is 10.0 Å². The van der Waals surface area contributed by atoms with Crippen molar-refractivity contribution >= 4 is 27.3 Å². The van der Waals surface area contributed by atoms with Gasteiger partial charge < -0.3 is 14.8 Å². The normalized spacial score (nSPS) is 10.9. The number of rotatable bonds is 8. The van der Waals surface area contributed by atoms with Crippen LogP contribution in [0, 0.1) is 6.92 Å². The summed E-state index contributed by atoms with van der Waals surface area (Å²) in [6, 6.07) is 14.8. The molecule has 0 radical (unpaired) electrons. The fourth-order valence-electron chi connectivity index (χ4n) is 2.90. The molecule has 0 saturated heterocycles. The summed E-state index contributed by atoms with van der Waals surface area (Å²) in [6.07, 6.45) is 2.74. The molecule has 8 nitrogen and oxygen atoms in total. The quantitative estimate of drug-likeness (QED) is 0.576. The smallest absolute Gasteiger partial charge is 0.266 e. The molecule has 1 N–H and O–H groups in total. The number of pyridine rings is 1. The standard InChI is InChI=1S/C22H23N3O5S/c1-16-6-9-18(10-7-16)25(31(27,28)19-5-4-12-23-14-19)15-22(26)24-17-8-11-20(29-2)21(13-17)30-3/h4-14H,15H2,1-3H3,(H,24,26). The molecule has 0 bridgehead atoms. The first-order valence-corrected chi connectivity index (χ1v) is 10.8. The summed E-state index contributed by atoms with van der Waals surface area (Å²) >= 11 is 0. The third-order valence-corrected chi connectivity index (χ3v) is 6.26. The first kappa shape index (κ1) is 22.1. The van der Waals surface area contributed by atoms with E-state index in [-0.39, 0.29) is 4.90 Å². The van der Waals surface area contributed by atoms with Gasteiger partial charge in [-0.15, -0.1) is 0 Å². The van der Waals surface area contributed by atoms with Crippen LogP contribution in [0.5, 0.6) is 11.5 Å². The van der Waals surface area contributed by atoms with E-state index in [1.165, 1.54) is 38.7 Å². The number of carbonyl (C=O) groups is 1. The SMILES string of the molecule is COc1ccc(NC(=O)CN(c2ccc(C)cc2)S(=O)(=O)c2cccnc2)cc1OC. The van der Waals surface area contributed by atoms with E-state index in [1.54, 1.807) is 42.5 Å². The van der Waals surface area contributed by atoms with E-state index >= 15 is 0 Å². The van der Waals surface area contributed by atoms with Crippen molar-refractivity contribution in [2.75, 3.05) is 30.4 Å². The zero-order valence-corrected chi connectivity index (χ0v) is 18.2. The molecule has 0 saturated carbocycles. The number of hydrogen-bond donors (Lipinski definition) is 1. The van der Waals surface area contributed by atoms with Crippen LogP contribution in [0.15, 0.2) is 71.9 Å². The van der Waals surface area contributed by atoms with Crippen LogP contribution in [0.25, 0.3) is 0 Å². The summed E-state index contributed by atoms with van der Waals surface area (Å²) in [4.78, 5) is 16.7. The third-order valence-electron chi connectivity index (χ3n) is 4.50. The highest BCUT2D eigenvalue weighted by Crippen LogP contribution is 2.30. The number of amides is 1. The van der Waals surface area contributed by atoms with Crippen LogP contribution >= 0.6 is 0 Å². The number of aromatic nitrogens is 1. The Morgan fingerprint density at radius 3 is 2.35 bits per heavy atom. The number of ether oxygens (including phenoxy) is 2. The molecule has 0 fully saturated rings. The number of hydrogen-bond acceptors (Lipinski definition) is 6. The fourth-order valence-corrected chi connectivity index (χ4v) is 4.28. The highest BCUT2D eigenvalue weighted by molar-refractivity contribution is 7.92. The fraction of sp³-hybridized carbons (Fsp3) is 0.182. The van der Waals surface area contributed by atoms with E-state index < -0.39 is 22.5 Å². The molecule has 1 heterocycles. The Labute approximate surface area is 181 Å². The second-order valence-electron chi connectivity index (χ2n) is 6.65. The van der Waals surface area contributed by atoms with Gasteiger partial charge in [-0.3, -0.25) is 14.1 Å². The van der Waals surface area contributed by atoms with Crippen molar-refractivity contribution in [3.05, 3.63) is 72.6 Å². The Morgan fingerprint density at radius 2 is 1.74 bits per heavy atom. The number of benzene rings is 2. The predicted molar refractivity (Wildman–Crippen MR) is 118 cm³/mol. The molecule has 3 rings (SSSR count). The zero-order valence-electron chi connectivity index (χ0n) is 17.4. The van der Waals surface area contributed by atoms with Crippen LogP contribution in [0.2, 0.25) is 0 Å². The van der Waals surface area contributed by atoms with Crippen molar-refractivity contribution in [2.24, 2.45) is 0 Å². The van der Waals surface area contributed by atoms with E-state index in [0.29, 0.717) is 22.9 Å². The number of aryl methyl sites for hydroxylation is 1. The maximum Gasteiger partial charge on any atom is 0.266 e. The Bertz CT molecular complexity index is 1150. The number of nitrogens with zero attached hydrogens (tertiary/aromatic N) is 2. The zero-order chi connectivity index (χ0) is 22.4. The first-order chi connectivity index (χ1) is 14.8. The van der Waals surface area contributed by atoms with Gasteiger partial charge in [0.05, 0.1) is 19.9 Å². The molecule has 3 aromatic rings. The summed E-state index contributed by atoms with van der Waals surface area (Å²) in [5.41, 5.74) is 1.79. The Balaban J connectivity index is 1.90. The van der Waals surface area contributed by atoms with Crippen LogP contribution in [0.4, 0.5) is 11.4 Å². The Kier molecular flexibility index (Phi) is 6.76. The van der Waals surface area contributed by atoms with Crippen molar-refractivity contribution in [3.63, 3.8) is 0 Å². The molecule has 0 aliphatic rings. The van der Waals surface area contributed by atoms with E-state index in [0.717, 1.165) is 9.87 Å². The summed E-state index contributed by atoms with van der Waals surface area (Å²) in [5.74, 6) is 0.444. The van der Waals surface area contributed by atoms with Crippen LogP contribution < -0.4 is 19.1 Å². The monoisotopic (exact) mass is 441 g/mol. The van der Waals surface area contributed by atoms with Gasteiger partial charge in [-0.2, -0.15) is 0 Å². The summed E-state index contributed by atoms with van der Waals surface area (Å²) < 4.78 is 38.0. The van der Waals surface area contributed by atoms with Crippen LogP contribution in [0.1, 0.15) is 5.56 Å². The lowest BCUT2D eigenvalue weighted by Gasteiger charge is -2.24. The molecule has 1 aromatic heterocycles. The van der Waals surface area contributed by atoms with Crippen LogP contribution in [0.3, 0.4) is 0 Å². The molecule has 0 aliphatic heterocycles. The van der Waals surface area contributed by atoms with Crippen LogP contribution in [-0.4, -0.2) is 40.1 Å². The largest absolute Gasteiger partial charge is 0.493 e. The summed E-state index contributed by atoms with van der Waals surface area (Å²) in [7, 11) is -1.01. The van der Waals surface area contributed by atoms with Crippen molar-refractivity contribution in [2.45, 2.75) is 11.8 Å². The number of carbonyl (C=O) groups excluding carboxylic acids is 1. The van der Waals surface area contributed by atoms with Gasteiger partial charge in [-0.25, -0.2) is 8.42 Å². The predicted octanol–water partition coefficient (Wildman–Crippen LogP) is 3.24. The lowest BCUT2D eigenvalue weighted by molar-refractivity contribution is -0.114. The second-order valence-corrected chi connectivity index (χ2v) is 8.52. The van der Waals surface area contributed by atoms with Crippen molar-refractivity contribution in [1.82, 2.24) is 4.98 Å². The van der Waals surface area contributed by atoms with Gasteiger partial charge >= 0.3 is 0 Å². The van der Waals surface area contributed by atoms with E-state index in [2.05, 4.69) is 10.3 Å². The van der Waals surface area contributed by atoms with Crippen molar-refractivity contribution < 1.29 is 22.7 Å². The molecule has 0 atom stereocenters. The highest BCUT2D eigenvalue weighted by Gasteiger charge is 2.27.